The minimum atomic E-state index is 0.162. The van der Waals surface area contributed by atoms with Crippen LogP contribution < -0.4 is 21.5 Å². The van der Waals surface area contributed by atoms with Gasteiger partial charge in [0.05, 0.1) is 12.9 Å². The van der Waals surface area contributed by atoms with E-state index in [-0.39, 0.29) is 5.91 Å². The first-order valence-electron chi connectivity index (χ1n) is 14.2. The van der Waals surface area contributed by atoms with Gasteiger partial charge in [-0.15, -0.1) is 0 Å². The third-order valence-corrected chi connectivity index (χ3v) is 7.54. The van der Waals surface area contributed by atoms with E-state index in [0.717, 1.165) is 66.8 Å². The first kappa shape index (κ1) is 30.9. The Morgan fingerprint density at radius 1 is 1.15 bits per heavy atom. The number of hydrogen-bond acceptors (Lipinski definition) is 6. The lowest BCUT2D eigenvalue weighted by atomic mass is 9.79. The summed E-state index contributed by atoms with van der Waals surface area (Å²) >= 11 is 0. The fourth-order valence-corrected chi connectivity index (χ4v) is 5.12. The number of nitrogens with one attached hydrogen (secondary N) is 2. The fraction of sp³-hybridized carbons (Fsp3) is 0.438. The average molecular weight is 547 g/mol. The maximum Gasteiger partial charge on any atom is 0.234 e. The van der Waals surface area contributed by atoms with Crippen LogP contribution in [0.15, 0.2) is 72.9 Å². The van der Waals surface area contributed by atoms with Crippen LogP contribution in [-0.4, -0.2) is 67.9 Å². The molecule has 1 heterocycles. The number of piperidine rings is 1. The highest BCUT2D eigenvalue weighted by Gasteiger charge is 2.31. The topological polar surface area (TPSA) is 121 Å². The summed E-state index contributed by atoms with van der Waals surface area (Å²) in [5.41, 5.74) is 14.5. The van der Waals surface area contributed by atoms with Crippen molar-refractivity contribution in [3.8, 4) is 5.75 Å². The van der Waals surface area contributed by atoms with Gasteiger partial charge in [0.2, 0.25) is 5.91 Å². The molecule has 1 saturated carbocycles. The Labute approximate surface area is 239 Å². The van der Waals surface area contributed by atoms with Gasteiger partial charge in [-0.05, 0) is 73.5 Å². The molecule has 1 aliphatic carbocycles. The molecule has 0 aromatic heterocycles. The molecule has 4 rings (SSSR count). The van der Waals surface area contributed by atoms with Crippen LogP contribution in [-0.2, 0) is 11.4 Å². The summed E-state index contributed by atoms with van der Waals surface area (Å²) in [4.78, 5) is 16.9. The molecule has 1 aliphatic heterocycles. The van der Waals surface area contributed by atoms with E-state index in [1.165, 1.54) is 19.3 Å². The van der Waals surface area contributed by atoms with E-state index >= 15 is 0 Å². The van der Waals surface area contributed by atoms with Crippen molar-refractivity contribution in [2.75, 3.05) is 39.8 Å². The average Bonchev–Trinajstić information content (AvgIpc) is 2.95. The second-order valence-corrected chi connectivity index (χ2v) is 10.6. The first-order valence-corrected chi connectivity index (χ1v) is 14.2. The standard InChI is InChI=1S/C31H42N4O2.CH4N2/c1-24(19-32)30(27-12-9-13-29(18-27)37-23-25-10-5-3-6-11-25)21-34(2)28-16-26(17-28)20-33-31(36)22-35-14-7-4-8-15-35;2-1-3/h3,5-6,9-13,18,21,26,28H,1,4,7-8,14-17,19-20,22-23,32H2,2H3,(H,33,36);1H,(H3,2,3)/b30-21+;. The van der Waals surface area contributed by atoms with E-state index in [4.69, 9.17) is 15.9 Å². The zero-order valence-electron chi connectivity index (χ0n) is 23.9. The minimum absolute atomic E-state index is 0.162. The third kappa shape index (κ3) is 9.84. The molecule has 0 radical (unpaired) electrons. The van der Waals surface area contributed by atoms with Crippen LogP contribution in [0, 0.1) is 11.3 Å². The Bertz CT molecular complexity index is 1110. The van der Waals surface area contributed by atoms with Gasteiger partial charge in [0.25, 0.3) is 0 Å². The number of carbonyl (C=O) groups is 1. The molecule has 2 aromatic carbocycles. The fourth-order valence-electron chi connectivity index (χ4n) is 5.12. The molecule has 0 bridgehead atoms. The highest BCUT2D eigenvalue weighted by Crippen LogP contribution is 2.33. The van der Waals surface area contributed by atoms with Gasteiger partial charge in [0, 0.05) is 38.0 Å². The van der Waals surface area contributed by atoms with Crippen molar-refractivity contribution in [3.63, 3.8) is 0 Å². The number of nitrogens with two attached hydrogens (primary N) is 2. The summed E-state index contributed by atoms with van der Waals surface area (Å²) < 4.78 is 6.05. The Balaban J connectivity index is 0.00000141. The SMILES string of the molecule is C=C(CN)/C(=C\N(C)C1CC(CNC(=O)CN2CCCCC2)C1)c1cccc(OCc2ccccc2)c1.N=CN. The summed E-state index contributed by atoms with van der Waals surface area (Å²) in [7, 11) is 2.12. The molecule has 2 aromatic rings. The van der Waals surface area contributed by atoms with E-state index in [9.17, 15) is 4.79 Å². The Hall–Kier alpha value is -3.62. The van der Waals surface area contributed by atoms with Crippen molar-refractivity contribution in [2.24, 2.45) is 17.4 Å². The predicted octanol–water partition coefficient (Wildman–Crippen LogP) is 3.99. The van der Waals surface area contributed by atoms with Crippen molar-refractivity contribution >= 4 is 17.8 Å². The monoisotopic (exact) mass is 546 g/mol. The molecule has 0 unspecified atom stereocenters. The minimum Gasteiger partial charge on any atom is -0.489 e. The molecule has 0 spiro atoms. The molecule has 1 saturated heterocycles. The number of likely N-dealkylation sites (tertiary alicyclic amines) is 1. The van der Waals surface area contributed by atoms with E-state index in [0.29, 0.717) is 31.7 Å². The number of hydrogen-bond donors (Lipinski definition) is 4. The highest BCUT2D eigenvalue weighted by molar-refractivity contribution is 5.79. The van der Waals surface area contributed by atoms with Gasteiger partial charge in [0.1, 0.15) is 12.4 Å². The van der Waals surface area contributed by atoms with Crippen LogP contribution in [0.1, 0.15) is 43.2 Å². The van der Waals surface area contributed by atoms with E-state index in [1.54, 1.807) is 0 Å². The van der Waals surface area contributed by atoms with Gasteiger partial charge in [-0.25, -0.2) is 0 Å². The van der Waals surface area contributed by atoms with Gasteiger partial charge < -0.3 is 26.4 Å². The molecular formula is C32H46N6O2. The molecule has 6 N–H and O–H groups in total. The molecule has 2 fully saturated rings. The summed E-state index contributed by atoms with van der Waals surface area (Å²) in [6.45, 7) is 8.56. The molecule has 2 aliphatic rings. The molecule has 1 amide bonds. The van der Waals surface area contributed by atoms with Crippen molar-refractivity contribution in [1.82, 2.24) is 15.1 Å². The van der Waals surface area contributed by atoms with Gasteiger partial charge >= 0.3 is 0 Å². The molecule has 40 heavy (non-hydrogen) atoms. The Morgan fingerprint density at radius 3 is 2.52 bits per heavy atom. The molecule has 216 valence electrons. The molecule has 0 atom stereocenters. The van der Waals surface area contributed by atoms with E-state index in [1.807, 2.05) is 30.3 Å². The van der Waals surface area contributed by atoms with Gasteiger partial charge in [-0.3, -0.25) is 15.1 Å². The molecular weight excluding hydrogens is 500 g/mol. The highest BCUT2D eigenvalue weighted by atomic mass is 16.5. The number of carbonyl (C=O) groups excluding carboxylic acids is 1. The molecule has 8 nitrogen and oxygen atoms in total. The third-order valence-electron chi connectivity index (χ3n) is 7.54. The van der Waals surface area contributed by atoms with Crippen molar-refractivity contribution in [2.45, 2.75) is 44.8 Å². The van der Waals surface area contributed by atoms with E-state index < -0.39 is 0 Å². The zero-order chi connectivity index (χ0) is 28.7. The molecule has 8 heteroatoms. The number of nitrogens with zero attached hydrogens (tertiary/aromatic N) is 2. The number of benzene rings is 2. The largest absolute Gasteiger partial charge is 0.489 e. The van der Waals surface area contributed by atoms with Crippen LogP contribution in [0.2, 0.25) is 0 Å². The lowest BCUT2D eigenvalue weighted by molar-refractivity contribution is -0.122. The van der Waals surface area contributed by atoms with Crippen molar-refractivity contribution in [1.29, 1.82) is 5.41 Å². The predicted molar refractivity (Wildman–Crippen MR) is 164 cm³/mol. The number of ether oxygens (including phenoxy) is 1. The van der Waals surface area contributed by atoms with Crippen LogP contribution in [0.25, 0.3) is 5.57 Å². The maximum absolute atomic E-state index is 12.3. The van der Waals surface area contributed by atoms with Gasteiger partial charge in [0.15, 0.2) is 0 Å². The maximum atomic E-state index is 12.3. The zero-order valence-corrected chi connectivity index (χ0v) is 23.9. The van der Waals surface area contributed by atoms with Gasteiger partial charge in [-0.1, -0.05) is 55.5 Å². The summed E-state index contributed by atoms with van der Waals surface area (Å²) in [5.74, 6) is 1.51. The second kappa shape index (κ2) is 16.5. The van der Waals surface area contributed by atoms with Crippen LogP contribution >= 0.6 is 0 Å². The summed E-state index contributed by atoms with van der Waals surface area (Å²) in [6, 6.07) is 18.8. The smallest absolute Gasteiger partial charge is 0.234 e. The Kier molecular flexibility index (Phi) is 12.7. The van der Waals surface area contributed by atoms with Crippen LogP contribution in [0.3, 0.4) is 0 Å². The normalized spacial score (nSPS) is 18.9. The first-order chi connectivity index (χ1) is 19.4. The number of rotatable bonds is 12. The van der Waals surface area contributed by atoms with Crippen molar-refractivity contribution in [3.05, 3.63) is 84.1 Å². The lowest BCUT2D eigenvalue weighted by Crippen LogP contribution is -2.46. The summed E-state index contributed by atoms with van der Waals surface area (Å²) in [6.07, 6.45) is 8.76. The lowest BCUT2D eigenvalue weighted by Gasteiger charge is -2.41. The van der Waals surface area contributed by atoms with E-state index in [2.05, 4.69) is 64.9 Å². The Morgan fingerprint density at radius 2 is 1.85 bits per heavy atom. The number of amides is 1. The van der Waals surface area contributed by atoms with Gasteiger partial charge in [-0.2, -0.15) is 0 Å². The van der Waals surface area contributed by atoms with Crippen molar-refractivity contribution < 1.29 is 9.53 Å². The van der Waals surface area contributed by atoms with Crippen LogP contribution in [0.5, 0.6) is 5.75 Å². The second-order valence-electron chi connectivity index (χ2n) is 10.6. The summed E-state index contributed by atoms with van der Waals surface area (Å²) in [5, 5.41) is 9.02. The van der Waals surface area contributed by atoms with Crippen LogP contribution in [0.4, 0.5) is 0 Å². The quantitative estimate of drug-likeness (QED) is 0.182.